The summed E-state index contributed by atoms with van der Waals surface area (Å²) in [6.45, 7) is 9.69. The number of benzene rings is 1. The van der Waals surface area contributed by atoms with Gasteiger partial charge in [0.2, 0.25) is 35.4 Å². The van der Waals surface area contributed by atoms with Gasteiger partial charge in [0.05, 0.1) is 18.9 Å². The molecular formula is C33H51N7O11. The number of carboxylic acids is 2. The molecule has 18 nitrogen and oxygen atoms in total. The van der Waals surface area contributed by atoms with E-state index in [9.17, 15) is 53.7 Å². The summed E-state index contributed by atoms with van der Waals surface area (Å²) in [6.07, 6.45) is -1.29. The number of aromatic hydroxyl groups is 1. The maximum Gasteiger partial charge on any atom is 0.326 e. The highest BCUT2D eigenvalue weighted by Crippen LogP contribution is 2.13. The SMILES string of the molecule is CC[C@H](C)[C@H](NC(=O)[C@H](CC(=O)O)NC(=O)[C@H](CC(N)=O)NC(=O)[C@@H](NC(=O)[C@@H](NC(=O)[C@@H](N)Cc1ccc(O)cc1)C(C)C)C(C)C)C(=O)O. The van der Waals surface area contributed by atoms with Crippen molar-refractivity contribution in [3.63, 3.8) is 0 Å². The van der Waals surface area contributed by atoms with Crippen molar-refractivity contribution < 1.29 is 53.7 Å². The lowest BCUT2D eigenvalue weighted by atomic mass is 9.98. The van der Waals surface area contributed by atoms with Crippen molar-refractivity contribution in [2.45, 2.75) is 103 Å². The van der Waals surface area contributed by atoms with Crippen LogP contribution in [0.4, 0.5) is 0 Å². The Hall–Kier alpha value is -5.26. The zero-order valence-corrected chi connectivity index (χ0v) is 29.6. The van der Waals surface area contributed by atoms with Gasteiger partial charge in [0.15, 0.2) is 0 Å². The smallest absolute Gasteiger partial charge is 0.326 e. The van der Waals surface area contributed by atoms with Crippen LogP contribution in [0.5, 0.6) is 5.75 Å². The van der Waals surface area contributed by atoms with E-state index < -0.39 is 114 Å². The van der Waals surface area contributed by atoms with Gasteiger partial charge in [-0.3, -0.25) is 33.6 Å². The Morgan fingerprint density at radius 2 is 1.08 bits per heavy atom. The van der Waals surface area contributed by atoms with Gasteiger partial charge in [-0.05, 0) is 41.9 Å². The van der Waals surface area contributed by atoms with E-state index in [0.717, 1.165) is 0 Å². The van der Waals surface area contributed by atoms with Gasteiger partial charge in [0.25, 0.3) is 0 Å². The number of nitrogens with two attached hydrogens (primary N) is 2. The Morgan fingerprint density at radius 3 is 1.53 bits per heavy atom. The number of aliphatic carboxylic acids is 2. The summed E-state index contributed by atoms with van der Waals surface area (Å²) in [7, 11) is 0. The van der Waals surface area contributed by atoms with Crippen LogP contribution in [0, 0.1) is 17.8 Å². The number of amides is 6. The van der Waals surface area contributed by atoms with E-state index in [-0.39, 0.29) is 12.2 Å². The van der Waals surface area contributed by atoms with Crippen molar-refractivity contribution in [1.82, 2.24) is 26.6 Å². The van der Waals surface area contributed by atoms with Gasteiger partial charge in [0, 0.05) is 0 Å². The number of primary amides is 1. The van der Waals surface area contributed by atoms with Gasteiger partial charge in [-0.15, -0.1) is 0 Å². The molecule has 0 aliphatic carbocycles. The van der Waals surface area contributed by atoms with E-state index in [1.807, 2.05) is 0 Å². The van der Waals surface area contributed by atoms with Gasteiger partial charge in [0.1, 0.15) is 36.0 Å². The molecule has 12 N–H and O–H groups in total. The fraction of sp³-hybridized carbons (Fsp3) is 0.576. The second-order valence-electron chi connectivity index (χ2n) is 13.0. The fourth-order valence-corrected chi connectivity index (χ4v) is 4.82. The molecule has 0 fully saturated rings. The summed E-state index contributed by atoms with van der Waals surface area (Å²) >= 11 is 0. The number of carbonyl (C=O) groups is 8. The molecule has 0 spiro atoms. The number of rotatable bonds is 21. The average Bonchev–Trinajstić information content (AvgIpc) is 3.03. The first kappa shape index (κ1) is 43.8. The Bertz CT molecular complexity index is 1420. The molecule has 284 valence electrons. The minimum absolute atomic E-state index is 0.0385. The first-order valence-electron chi connectivity index (χ1n) is 16.5. The third kappa shape index (κ3) is 14.6. The topological polar surface area (TPSA) is 309 Å². The largest absolute Gasteiger partial charge is 0.508 e. The number of carbonyl (C=O) groups excluding carboxylic acids is 6. The molecule has 7 atom stereocenters. The van der Waals surface area contributed by atoms with E-state index >= 15 is 0 Å². The van der Waals surface area contributed by atoms with Crippen LogP contribution in [0.15, 0.2) is 24.3 Å². The highest BCUT2D eigenvalue weighted by Gasteiger charge is 2.36. The fourth-order valence-electron chi connectivity index (χ4n) is 4.82. The number of nitrogens with one attached hydrogen (secondary N) is 5. The maximum absolute atomic E-state index is 13.5. The number of phenols is 1. The molecule has 0 saturated heterocycles. The van der Waals surface area contributed by atoms with Crippen LogP contribution in [0.2, 0.25) is 0 Å². The lowest BCUT2D eigenvalue weighted by Gasteiger charge is -2.29. The molecule has 51 heavy (non-hydrogen) atoms. The lowest BCUT2D eigenvalue weighted by Crippen LogP contribution is -2.61. The summed E-state index contributed by atoms with van der Waals surface area (Å²) in [5.41, 5.74) is 12.0. The van der Waals surface area contributed by atoms with Crippen LogP contribution in [0.1, 0.15) is 66.4 Å². The Kier molecular flexibility index (Phi) is 17.5. The molecule has 0 unspecified atom stereocenters. The van der Waals surface area contributed by atoms with Crippen molar-refractivity contribution in [2.24, 2.45) is 29.2 Å². The van der Waals surface area contributed by atoms with Crippen LogP contribution < -0.4 is 38.1 Å². The molecule has 0 radical (unpaired) electrons. The summed E-state index contributed by atoms with van der Waals surface area (Å²) < 4.78 is 0. The molecule has 18 heteroatoms. The second kappa shape index (κ2) is 20.4. The standard InChI is InChI=1S/C33H51N7O11/c1-7-17(6)27(33(50)51)40-30(47)22(14-24(43)44)36-29(46)21(13-23(35)42)37-31(48)25(15(2)3)39-32(49)26(16(4)5)38-28(45)20(34)12-18-8-10-19(41)11-9-18/h8-11,15-17,20-22,25-27,41H,7,12-14,34H2,1-6H3,(H2,35,42)(H,36,46)(H,37,48)(H,38,45)(H,39,49)(H,40,47)(H,43,44)(H,50,51)/t17-,20-,21-,22-,25-,26-,27-/m0/s1. The predicted octanol–water partition coefficient (Wildman–Crippen LogP) is -1.52. The zero-order valence-electron chi connectivity index (χ0n) is 29.6. The zero-order chi connectivity index (χ0) is 39.2. The maximum atomic E-state index is 13.5. The number of hydrogen-bond acceptors (Lipinski definition) is 10. The highest BCUT2D eigenvalue weighted by molar-refractivity contribution is 5.98. The van der Waals surface area contributed by atoms with Gasteiger partial charge in [-0.2, -0.15) is 0 Å². The molecule has 0 aromatic heterocycles. The molecule has 1 aromatic rings. The van der Waals surface area contributed by atoms with Crippen molar-refractivity contribution in [1.29, 1.82) is 0 Å². The molecule has 1 aromatic carbocycles. The minimum atomic E-state index is -1.80. The van der Waals surface area contributed by atoms with Crippen LogP contribution in [-0.4, -0.2) is 99.0 Å². The first-order valence-corrected chi connectivity index (χ1v) is 16.5. The van der Waals surface area contributed by atoms with Crippen molar-refractivity contribution in [3.05, 3.63) is 29.8 Å². The van der Waals surface area contributed by atoms with Gasteiger partial charge in [-0.1, -0.05) is 60.1 Å². The Balaban J connectivity index is 3.16. The van der Waals surface area contributed by atoms with Crippen LogP contribution in [-0.2, 0) is 44.8 Å². The normalized spacial score (nSPS) is 15.2. The van der Waals surface area contributed by atoms with E-state index in [4.69, 9.17) is 11.5 Å². The lowest BCUT2D eigenvalue weighted by molar-refractivity contribution is -0.145. The molecule has 1 rings (SSSR count). The van der Waals surface area contributed by atoms with Crippen LogP contribution in [0.25, 0.3) is 0 Å². The summed E-state index contributed by atoms with van der Waals surface area (Å²) in [4.78, 5) is 101. The monoisotopic (exact) mass is 721 g/mol. The average molecular weight is 722 g/mol. The van der Waals surface area contributed by atoms with Gasteiger partial charge < -0.3 is 53.4 Å². The first-order chi connectivity index (χ1) is 23.7. The summed E-state index contributed by atoms with van der Waals surface area (Å²) in [6, 6.07) is -2.40. The van der Waals surface area contributed by atoms with E-state index in [0.29, 0.717) is 12.0 Å². The third-order valence-corrected chi connectivity index (χ3v) is 8.05. The molecule has 6 amide bonds. The van der Waals surface area contributed by atoms with Crippen molar-refractivity contribution in [3.8, 4) is 5.75 Å². The summed E-state index contributed by atoms with van der Waals surface area (Å²) in [5, 5.41) is 40.2. The Morgan fingerprint density at radius 1 is 0.647 bits per heavy atom. The molecule has 0 heterocycles. The number of hydrogen-bond donors (Lipinski definition) is 10. The van der Waals surface area contributed by atoms with E-state index in [1.165, 1.54) is 12.1 Å². The third-order valence-electron chi connectivity index (χ3n) is 8.05. The van der Waals surface area contributed by atoms with Crippen molar-refractivity contribution >= 4 is 47.4 Å². The van der Waals surface area contributed by atoms with Crippen LogP contribution in [0.3, 0.4) is 0 Å². The second-order valence-corrected chi connectivity index (χ2v) is 13.0. The predicted molar refractivity (Wildman–Crippen MR) is 182 cm³/mol. The molecule has 0 bridgehead atoms. The van der Waals surface area contributed by atoms with Gasteiger partial charge in [-0.25, -0.2) is 4.79 Å². The minimum Gasteiger partial charge on any atom is -0.508 e. The van der Waals surface area contributed by atoms with Crippen molar-refractivity contribution in [2.75, 3.05) is 0 Å². The quantitative estimate of drug-likeness (QED) is 0.0692. The molecule has 0 saturated carbocycles. The Labute approximate surface area is 295 Å². The highest BCUT2D eigenvalue weighted by atomic mass is 16.4. The molecular weight excluding hydrogens is 670 g/mol. The molecule has 0 aliphatic heterocycles. The number of carboxylic acid groups (broad SMARTS) is 2. The molecule has 0 aliphatic rings. The number of phenolic OH excluding ortho intramolecular Hbond substituents is 1. The van der Waals surface area contributed by atoms with E-state index in [2.05, 4.69) is 26.6 Å². The van der Waals surface area contributed by atoms with Gasteiger partial charge >= 0.3 is 11.9 Å². The summed E-state index contributed by atoms with van der Waals surface area (Å²) in [5.74, 6) is -10.2. The van der Waals surface area contributed by atoms with Crippen LogP contribution >= 0.6 is 0 Å². The van der Waals surface area contributed by atoms with E-state index in [1.54, 1.807) is 53.7 Å².